The van der Waals surface area contributed by atoms with Gasteiger partial charge in [-0.1, -0.05) is 30.3 Å². The number of benzene rings is 1. The van der Waals surface area contributed by atoms with Crippen LogP contribution in [0.4, 0.5) is 0 Å². The lowest BCUT2D eigenvalue weighted by Crippen LogP contribution is -2.41. The Labute approximate surface area is 140 Å². The normalized spacial score (nSPS) is 11.7. The highest BCUT2D eigenvalue weighted by molar-refractivity contribution is 6.69. The van der Waals surface area contributed by atoms with Crippen molar-refractivity contribution in [3.8, 4) is 0 Å². The first kappa shape index (κ1) is 21.3. The van der Waals surface area contributed by atoms with Gasteiger partial charge in [0.05, 0.1) is 7.11 Å². The molecule has 0 heterocycles. The zero-order valence-electron chi connectivity index (χ0n) is 15.0. The molecule has 6 heteroatoms. The minimum atomic E-state index is -1.16. The second-order valence-corrected chi connectivity index (χ2v) is 10.5. The van der Waals surface area contributed by atoms with Crippen LogP contribution in [0.5, 0.6) is 0 Å². The third-order valence-electron chi connectivity index (χ3n) is 2.72. The third kappa shape index (κ3) is 11.5. The van der Waals surface area contributed by atoms with Gasteiger partial charge in [-0.05, 0) is 32.1 Å². The molecule has 0 aliphatic heterocycles. The van der Waals surface area contributed by atoms with Gasteiger partial charge < -0.3 is 14.5 Å². The molecule has 23 heavy (non-hydrogen) atoms. The number of nitrogens with one attached hydrogen (secondary N) is 1. The summed E-state index contributed by atoms with van der Waals surface area (Å²) in [4.78, 5) is 22.4. The summed E-state index contributed by atoms with van der Waals surface area (Å²) >= 11 is 0. The third-order valence-corrected chi connectivity index (χ3v) is 3.88. The standard InChI is InChI=1S/C12H15NO3.C5H14OSi/c1-9(14)13-11(12(15)16-2)8-10-6-4-3-5-7-10;1-5-6-7(2,3)4/h3-7,11H,8H2,1-2H3,(H,13,14);5H2,1-4H3. The van der Waals surface area contributed by atoms with Gasteiger partial charge in [-0.3, -0.25) is 4.79 Å². The van der Waals surface area contributed by atoms with E-state index in [1.165, 1.54) is 14.0 Å². The molecular weight excluding hydrogens is 310 g/mol. The van der Waals surface area contributed by atoms with Crippen LogP contribution in [-0.4, -0.2) is 40.0 Å². The van der Waals surface area contributed by atoms with Crippen LogP contribution in [0.15, 0.2) is 30.3 Å². The molecule has 0 saturated carbocycles. The number of hydrogen-bond acceptors (Lipinski definition) is 4. The fraction of sp³-hybridized carbons (Fsp3) is 0.529. The van der Waals surface area contributed by atoms with Gasteiger partial charge in [0.1, 0.15) is 6.04 Å². The minimum Gasteiger partial charge on any atom is -0.467 e. The predicted molar refractivity (Wildman–Crippen MR) is 94.7 cm³/mol. The summed E-state index contributed by atoms with van der Waals surface area (Å²) in [5.41, 5.74) is 0.978. The van der Waals surface area contributed by atoms with Crippen LogP contribution in [0.1, 0.15) is 19.4 Å². The fourth-order valence-corrected chi connectivity index (χ4v) is 2.73. The lowest BCUT2D eigenvalue weighted by atomic mass is 10.1. The van der Waals surface area contributed by atoms with E-state index in [9.17, 15) is 9.59 Å². The summed E-state index contributed by atoms with van der Waals surface area (Å²) in [6.45, 7) is 10.9. The maximum Gasteiger partial charge on any atom is 0.328 e. The van der Waals surface area contributed by atoms with Crippen molar-refractivity contribution in [1.82, 2.24) is 5.32 Å². The van der Waals surface area contributed by atoms with E-state index < -0.39 is 20.3 Å². The highest BCUT2D eigenvalue weighted by Gasteiger charge is 2.20. The Morgan fingerprint density at radius 3 is 2.09 bits per heavy atom. The number of carbonyl (C=O) groups is 2. The largest absolute Gasteiger partial charge is 0.467 e. The molecule has 1 atom stereocenters. The highest BCUT2D eigenvalue weighted by atomic mass is 28.4. The first-order chi connectivity index (χ1) is 10.7. The van der Waals surface area contributed by atoms with Gasteiger partial charge in [-0.25, -0.2) is 4.79 Å². The first-order valence-corrected chi connectivity index (χ1v) is 11.1. The van der Waals surface area contributed by atoms with E-state index in [1.807, 2.05) is 37.3 Å². The molecule has 1 aromatic rings. The van der Waals surface area contributed by atoms with Crippen molar-refractivity contribution < 1.29 is 18.8 Å². The van der Waals surface area contributed by atoms with E-state index in [0.717, 1.165) is 12.2 Å². The summed E-state index contributed by atoms with van der Waals surface area (Å²) in [5.74, 6) is -0.676. The molecule has 1 amide bonds. The molecule has 0 aliphatic rings. The molecule has 1 aromatic carbocycles. The number of ether oxygens (including phenoxy) is 1. The van der Waals surface area contributed by atoms with Crippen molar-refractivity contribution in [2.45, 2.75) is 46.0 Å². The highest BCUT2D eigenvalue weighted by Crippen LogP contribution is 2.04. The molecule has 0 spiro atoms. The molecule has 130 valence electrons. The Bertz CT molecular complexity index is 471. The number of hydrogen-bond donors (Lipinski definition) is 1. The van der Waals surface area contributed by atoms with E-state index in [1.54, 1.807) is 0 Å². The van der Waals surface area contributed by atoms with E-state index in [2.05, 4.69) is 29.7 Å². The van der Waals surface area contributed by atoms with Gasteiger partial charge >= 0.3 is 5.97 Å². The second-order valence-electron chi connectivity index (χ2n) is 6.01. The lowest BCUT2D eigenvalue weighted by Gasteiger charge is -2.15. The van der Waals surface area contributed by atoms with Crippen LogP contribution in [0, 0.1) is 0 Å². The van der Waals surface area contributed by atoms with Crippen LogP contribution in [0.25, 0.3) is 0 Å². The lowest BCUT2D eigenvalue weighted by molar-refractivity contribution is -0.144. The Morgan fingerprint density at radius 1 is 1.17 bits per heavy atom. The molecule has 0 saturated heterocycles. The molecule has 1 N–H and O–H groups in total. The van der Waals surface area contributed by atoms with E-state index >= 15 is 0 Å². The van der Waals surface area contributed by atoms with Crippen LogP contribution in [-0.2, 0) is 25.2 Å². The summed E-state index contributed by atoms with van der Waals surface area (Å²) in [5, 5.41) is 2.57. The number of esters is 1. The van der Waals surface area contributed by atoms with Gasteiger partial charge in [0.25, 0.3) is 0 Å². The number of amides is 1. The summed E-state index contributed by atoms with van der Waals surface area (Å²) in [7, 11) is 0.150. The smallest absolute Gasteiger partial charge is 0.328 e. The predicted octanol–water partition coefficient (Wildman–Crippen LogP) is 2.76. The molecule has 0 aliphatic carbocycles. The summed E-state index contributed by atoms with van der Waals surface area (Å²) < 4.78 is 10.00. The van der Waals surface area contributed by atoms with Crippen LogP contribution in [0.3, 0.4) is 0 Å². The van der Waals surface area contributed by atoms with Crippen LogP contribution >= 0.6 is 0 Å². The van der Waals surface area contributed by atoms with Crippen molar-refractivity contribution in [3.63, 3.8) is 0 Å². The quantitative estimate of drug-likeness (QED) is 0.639. The number of rotatable bonds is 6. The SMILES string of the molecule is CCO[Si](C)(C)C.COC(=O)C(Cc1ccccc1)NC(C)=O. The number of carbonyl (C=O) groups excluding carboxylic acids is 2. The van der Waals surface area contributed by atoms with E-state index in [0.29, 0.717) is 6.42 Å². The van der Waals surface area contributed by atoms with Gasteiger partial charge in [0.2, 0.25) is 5.91 Å². The minimum absolute atomic E-state index is 0.244. The second kappa shape index (κ2) is 11.0. The van der Waals surface area contributed by atoms with Gasteiger partial charge in [-0.15, -0.1) is 0 Å². The van der Waals surface area contributed by atoms with E-state index in [4.69, 9.17) is 4.43 Å². The van der Waals surface area contributed by atoms with Gasteiger partial charge in [0.15, 0.2) is 8.32 Å². The van der Waals surface area contributed by atoms with Crippen LogP contribution in [0.2, 0.25) is 19.6 Å². The maximum absolute atomic E-state index is 11.4. The molecule has 1 rings (SSSR count). The van der Waals surface area contributed by atoms with Gasteiger partial charge in [-0.2, -0.15) is 0 Å². The Hall–Kier alpha value is -1.66. The molecule has 0 aromatic heterocycles. The monoisotopic (exact) mass is 339 g/mol. The van der Waals surface area contributed by atoms with Crippen molar-refractivity contribution in [1.29, 1.82) is 0 Å². The zero-order chi connectivity index (χ0) is 17.9. The topological polar surface area (TPSA) is 64.6 Å². The Morgan fingerprint density at radius 2 is 1.74 bits per heavy atom. The summed E-state index contributed by atoms with van der Waals surface area (Å²) in [6.07, 6.45) is 0.438. The number of methoxy groups -OCH3 is 1. The Kier molecular flexibility index (Phi) is 10.2. The molecule has 0 fully saturated rings. The van der Waals surface area contributed by atoms with Crippen LogP contribution < -0.4 is 5.32 Å². The first-order valence-electron chi connectivity index (χ1n) is 7.72. The van der Waals surface area contributed by atoms with Crippen molar-refractivity contribution in [2.24, 2.45) is 0 Å². The average Bonchev–Trinajstić information content (AvgIpc) is 2.46. The zero-order valence-corrected chi connectivity index (χ0v) is 16.0. The van der Waals surface area contributed by atoms with Crippen molar-refractivity contribution in [2.75, 3.05) is 13.7 Å². The molecule has 0 radical (unpaired) electrons. The molecule has 5 nitrogen and oxygen atoms in total. The van der Waals surface area contributed by atoms with Crippen molar-refractivity contribution in [3.05, 3.63) is 35.9 Å². The molecule has 0 bridgehead atoms. The maximum atomic E-state index is 11.4. The van der Waals surface area contributed by atoms with Crippen molar-refractivity contribution >= 4 is 20.2 Å². The molecule has 1 unspecified atom stereocenters. The average molecular weight is 340 g/mol. The van der Waals surface area contributed by atoms with E-state index in [-0.39, 0.29) is 5.91 Å². The summed E-state index contributed by atoms with van der Waals surface area (Å²) in [6, 6.07) is 8.85. The Balaban J connectivity index is 0.000000585. The molecular formula is C17H29NO4Si. The van der Waals surface area contributed by atoms with Gasteiger partial charge in [0, 0.05) is 20.0 Å². The fourth-order valence-electron chi connectivity index (χ4n) is 1.86.